The van der Waals surface area contributed by atoms with Gasteiger partial charge in [-0.05, 0) is 31.0 Å². The number of ether oxygens (including phenoxy) is 2. The highest BCUT2D eigenvalue weighted by Gasteiger charge is 2.31. The zero-order valence-corrected chi connectivity index (χ0v) is 13.7. The zero-order chi connectivity index (χ0) is 16.8. The number of hydrogen-bond acceptors (Lipinski definition) is 5. The minimum Gasteiger partial charge on any atom is -0.497 e. The van der Waals surface area contributed by atoms with Gasteiger partial charge in [0.15, 0.2) is 0 Å². The molecule has 7 nitrogen and oxygen atoms in total. The molecule has 0 aromatic heterocycles. The van der Waals surface area contributed by atoms with Crippen molar-refractivity contribution in [3.05, 3.63) is 23.8 Å². The molecule has 0 heterocycles. The molecule has 23 heavy (non-hydrogen) atoms. The maximum atomic E-state index is 12.0. The molecule has 0 spiro atoms. The predicted molar refractivity (Wildman–Crippen MR) is 85.6 cm³/mol. The summed E-state index contributed by atoms with van der Waals surface area (Å²) >= 11 is 0. The summed E-state index contributed by atoms with van der Waals surface area (Å²) in [6.45, 7) is 0.727. The average molecular weight is 321 g/mol. The van der Waals surface area contributed by atoms with Crippen molar-refractivity contribution in [1.29, 1.82) is 0 Å². The molecular formula is C16H23N3O4. The maximum absolute atomic E-state index is 12.0. The Morgan fingerprint density at radius 1 is 1.26 bits per heavy atom. The third-order valence-electron chi connectivity index (χ3n) is 3.75. The van der Waals surface area contributed by atoms with Gasteiger partial charge in [-0.1, -0.05) is 0 Å². The zero-order valence-electron chi connectivity index (χ0n) is 13.7. The van der Waals surface area contributed by atoms with Crippen LogP contribution in [0.5, 0.6) is 11.5 Å². The summed E-state index contributed by atoms with van der Waals surface area (Å²) in [6, 6.07) is 5.46. The van der Waals surface area contributed by atoms with Gasteiger partial charge in [0, 0.05) is 25.2 Å². The number of hydrogen-bond donors (Lipinski definition) is 2. The summed E-state index contributed by atoms with van der Waals surface area (Å²) in [6.07, 6.45) is 2.11. The first-order valence-electron chi connectivity index (χ1n) is 7.54. The van der Waals surface area contributed by atoms with Gasteiger partial charge in [-0.2, -0.15) is 0 Å². The first-order chi connectivity index (χ1) is 11.1. The number of nitrogens with one attached hydrogen (secondary N) is 2. The summed E-state index contributed by atoms with van der Waals surface area (Å²) in [7, 11) is 4.70. The fourth-order valence-corrected chi connectivity index (χ4v) is 2.39. The number of nitrogens with zero attached hydrogens (tertiary/aromatic N) is 1. The fourth-order valence-electron chi connectivity index (χ4n) is 2.39. The molecule has 0 radical (unpaired) electrons. The van der Waals surface area contributed by atoms with Crippen molar-refractivity contribution in [2.45, 2.75) is 25.4 Å². The molecule has 2 N–H and O–H groups in total. The molecule has 1 aliphatic rings. The highest BCUT2D eigenvalue weighted by Crippen LogP contribution is 2.31. The normalized spacial score (nSPS) is 13.6. The average Bonchev–Trinajstić information content (AvgIpc) is 3.38. The quantitative estimate of drug-likeness (QED) is 0.787. The van der Waals surface area contributed by atoms with Crippen LogP contribution < -0.4 is 20.1 Å². The van der Waals surface area contributed by atoms with E-state index in [2.05, 4.69) is 15.5 Å². The third-order valence-corrected chi connectivity index (χ3v) is 3.75. The highest BCUT2D eigenvalue weighted by molar-refractivity contribution is 5.95. The Bertz CT molecular complexity index is 572. The third kappa shape index (κ3) is 4.85. The maximum Gasteiger partial charge on any atom is 0.321 e. The van der Waals surface area contributed by atoms with Crippen LogP contribution in [-0.4, -0.2) is 50.7 Å². The van der Waals surface area contributed by atoms with Crippen molar-refractivity contribution in [2.24, 2.45) is 0 Å². The Kier molecular flexibility index (Phi) is 5.81. The van der Waals surface area contributed by atoms with Crippen molar-refractivity contribution in [1.82, 2.24) is 15.5 Å². The Labute approximate surface area is 135 Å². The van der Waals surface area contributed by atoms with E-state index in [0.29, 0.717) is 12.6 Å². The van der Waals surface area contributed by atoms with Crippen molar-refractivity contribution >= 4 is 11.9 Å². The van der Waals surface area contributed by atoms with Crippen LogP contribution in [0.1, 0.15) is 18.4 Å². The molecular weight excluding hydrogens is 298 g/mol. The number of methoxy groups -OCH3 is 2. The van der Waals surface area contributed by atoms with Gasteiger partial charge in [-0.3, -0.25) is 15.0 Å². The van der Waals surface area contributed by atoms with Crippen LogP contribution in [0.4, 0.5) is 4.79 Å². The molecule has 0 saturated heterocycles. The molecule has 1 aromatic rings. The van der Waals surface area contributed by atoms with E-state index in [1.807, 2.05) is 18.2 Å². The van der Waals surface area contributed by atoms with E-state index in [1.165, 1.54) is 7.05 Å². The van der Waals surface area contributed by atoms with Crippen LogP contribution in [0.15, 0.2) is 18.2 Å². The summed E-state index contributed by atoms with van der Waals surface area (Å²) in [5.74, 6) is 1.17. The van der Waals surface area contributed by atoms with Gasteiger partial charge in [-0.25, -0.2) is 4.79 Å². The number of benzene rings is 1. The second kappa shape index (κ2) is 7.82. The lowest BCUT2D eigenvalue weighted by atomic mass is 10.1. The number of carbonyl (C=O) groups is 2. The van der Waals surface area contributed by atoms with Gasteiger partial charge in [0.2, 0.25) is 5.91 Å². The molecule has 1 aromatic carbocycles. The van der Waals surface area contributed by atoms with E-state index in [1.54, 1.807) is 14.2 Å². The van der Waals surface area contributed by atoms with Crippen LogP contribution in [0, 0.1) is 0 Å². The van der Waals surface area contributed by atoms with E-state index in [9.17, 15) is 9.59 Å². The predicted octanol–water partition coefficient (Wildman–Crippen LogP) is 1.12. The Morgan fingerprint density at radius 2 is 2.00 bits per heavy atom. The monoisotopic (exact) mass is 321 g/mol. The lowest BCUT2D eigenvalue weighted by Gasteiger charge is -2.22. The second-order valence-electron chi connectivity index (χ2n) is 5.44. The first kappa shape index (κ1) is 17.1. The van der Waals surface area contributed by atoms with Crippen molar-refractivity contribution < 1.29 is 19.1 Å². The van der Waals surface area contributed by atoms with Crippen molar-refractivity contribution in [2.75, 3.05) is 27.8 Å². The molecule has 0 bridgehead atoms. The SMILES string of the molecule is CNC(=O)NC(=O)CN(Cc1cc(OC)ccc1OC)C1CC1. The smallest absolute Gasteiger partial charge is 0.321 e. The molecule has 0 unspecified atom stereocenters. The Balaban J connectivity index is 2.07. The highest BCUT2D eigenvalue weighted by atomic mass is 16.5. The molecule has 1 aliphatic carbocycles. The van der Waals surface area contributed by atoms with E-state index >= 15 is 0 Å². The van der Waals surface area contributed by atoms with E-state index in [4.69, 9.17) is 9.47 Å². The first-order valence-corrected chi connectivity index (χ1v) is 7.54. The number of imide groups is 1. The molecule has 0 aliphatic heterocycles. The van der Waals surface area contributed by atoms with Crippen LogP contribution >= 0.6 is 0 Å². The molecule has 1 saturated carbocycles. The molecule has 2 rings (SSSR count). The van der Waals surface area contributed by atoms with Crippen LogP contribution in [0.3, 0.4) is 0 Å². The van der Waals surface area contributed by atoms with Crippen molar-refractivity contribution in [3.8, 4) is 11.5 Å². The molecule has 126 valence electrons. The minimum atomic E-state index is -0.496. The fraction of sp³-hybridized carbons (Fsp3) is 0.500. The van der Waals surface area contributed by atoms with E-state index < -0.39 is 6.03 Å². The number of urea groups is 1. The summed E-state index contributed by atoms with van der Waals surface area (Å²) in [4.78, 5) is 25.2. The number of rotatable bonds is 7. The van der Waals surface area contributed by atoms with Gasteiger partial charge >= 0.3 is 6.03 Å². The van der Waals surface area contributed by atoms with Gasteiger partial charge in [-0.15, -0.1) is 0 Å². The summed E-state index contributed by atoms with van der Waals surface area (Å²) in [5.41, 5.74) is 0.950. The molecule has 3 amide bonds. The van der Waals surface area contributed by atoms with E-state index in [-0.39, 0.29) is 12.5 Å². The van der Waals surface area contributed by atoms with Gasteiger partial charge in [0.05, 0.1) is 20.8 Å². The summed E-state index contributed by atoms with van der Waals surface area (Å²) < 4.78 is 10.6. The van der Waals surface area contributed by atoms with Crippen LogP contribution in [0.2, 0.25) is 0 Å². The van der Waals surface area contributed by atoms with Crippen LogP contribution in [0.25, 0.3) is 0 Å². The summed E-state index contributed by atoms with van der Waals surface area (Å²) in [5, 5.41) is 4.66. The topological polar surface area (TPSA) is 79.9 Å². The largest absolute Gasteiger partial charge is 0.497 e. The van der Waals surface area contributed by atoms with Crippen molar-refractivity contribution in [3.63, 3.8) is 0 Å². The molecule has 1 fully saturated rings. The lowest BCUT2D eigenvalue weighted by Crippen LogP contribution is -2.43. The van der Waals surface area contributed by atoms with Gasteiger partial charge < -0.3 is 14.8 Å². The lowest BCUT2D eigenvalue weighted by molar-refractivity contribution is -0.121. The Hall–Kier alpha value is -2.28. The molecule has 0 atom stereocenters. The standard InChI is InChI=1S/C16H23N3O4/c1-17-16(21)18-15(20)10-19(12-4-5-12)9-11-8-13(22-2)6-7-14(11)23-3/h6-8,12H,4-5,9-10H2,1-3H3,(H2,17,18,20,21). The van der Waals surface area contributed by atoms with E-state index in [0.717, 1.165) is 29.9 Å². The number of carbonyl (C=O) groups excluding carboxylic acids is 2. The molecule has 7 heteroatoms. The second-order valence-corrected chi connectivity index (χ2v) is 5.44. The van der Waals surface area contributed by atoms with Gasteiger partial charge in [0.25, 0.3) is 0 Å². The minimum absolute atomic E-state index is 0.165. The Morgan fingerprint density at radius 3 is 2.57 bits per heavy atom. The van der Waals surface area contributed by atoms with Crippen LogP contribution in [-0.2, 0) is 11.3 Å². The number of amides is 3. The van der Waals surface area contributed by atoms with Gasteiger partial charge in [0.1, 0.15) is 11.5 Å².